The molecule has 0 atom stereocenters. The number of nitrogens with one attached hydrogen (secondary N) is 1. The zero-order valence-electron chi connectivity index (χ0n) is 12.4. The second-order valence-electron chi connectivity index (χ2n) is 5.56. The van der Waals surface area contributed by atoms with Crippen molar-refractivity contribution in [2.45, 2.75) is 51.9 Å². The molecular weight excluding hydrogens is 240 g/mol. The van der Waals surface area contributed by atoms with E-state index >= 15 is 0 Å². The van der Waals surface area contributed by atoms with Gasteiger partial charge in [0.2, 0.25) is 5.91 Å². The van der Waals surface area contributed by atoms with Crippen molar-refractivity contribution in [3.8, 4) is 0 Å². The quantitative estimate of drug-likeness (QED) is 0.628. The van der Waals surface area contributed by atoms with Gasteiger partial charge in [0.1, 0.15) is 0 Å². The summed E-state index contributed by atoms with van der Waals surface area (Å²) in [6.45, 7) is 5.64. The minimum Gasteiger partial charge on any atom is -0.395 e. The number of nitrogens with zero attached hydrogens (tertiary/aromatic N) is 1. The molecule has 0 radical (unpaired) electrons. The highest BCUT2D eigenvalue weighted by molar-refractivity contribution is 5.76. The molecule has 0 aromatic heterocycles. The zero-order chi connectivity index (χ0) is 13.9. The minimum absolute atomic E-state index is 0.0751. The Morgan fingerprint density at radius 2 is 1.95 bits per heavy atom. The van der Waals surface area contributed by atoms with Crippen LogP contribution in [0.4, 0.5) is 0 Å². The van der Waals surface area contributed by atoms with Gasteiger partial charge in [-0.2, -0.15) is 0 Å². The topological polar surface area (TPSA) is 52.6 Å². The molecule has 1 saturated heterocycles. The Balaban J connectivity index is 2.29. The van der Waals surface area contributed by atoms with E-state index in [1.807, 2.05) is 4.90 Å². The van der Waals surface area contributed by atoms with Crippen LogP contribution < -0.4 is 5.32 Å². The molecule has 0 bridgehead atoms. The van der Waals surface area contributed by atoms with Gasteiger partial charge in [0.05, 0.1) is 6.61 Å². The van der Waals surface area contributed by atoms with Gasteiger partial charge in [-0.1, -0.05) is 26.2 Å². The predicted molar refractivity (Wildman–Crippen MR) is 78.0 cm³/mol. The molecule has 1 rings (SSSR count). The van der Waals surface area contributed by atoms with Crippen molar-refractivity contribution in [3.05, 3.63) is 0 Å². The largest absolute Gasteiger partial charge is 0.395 e. The van der Waals surface area contributed by atoms with Crippen LogP contribution in [0.15, 0.2) is 0 Å². The lowest BCUT2D eigenvalue weighted by Gasteiger charge is -2.27. The lowest BCUT2D eigenvalue weighted by molar-refractivity contribution is -0.133. The number of aliphatic hydroxyl groups is 1. The molecule has 1 fully saturated rings. The molecular formula is C15H30N2O2. The fourth-order valence-corrected chi connectivity index (χ4v) is 2.67. The Hall–Kier alpha value is -0.610. The summed E-state index contributed by atoms with van der Waals surface area (Å²) < 4.78 is 0. The summed E-state index contributed by atoms with van der Waals surface area (Å²) >= 11 is 0. The van der Waals surface area contributed by atoms with Crippen molar-refractivity contribution in [2.75, 3.05) is 32.8 Å². The number of hydrogen-bond acceptors (Lipinski definition) is 3. The Labute approximate surface area is 117 Å². The summed E-state index contributed by atoms with van der Waals surface area (Å²) in [4.78, 5) is 14.1. The molecule has 0 aliphatic carbocycles. The standard InChI is InChI=1S/C15H30N2O2/c1-2-3-4-5-10-17(11-12-18)15(19)13-14-6-8-16-9-7-14/h14,16,18H,2-13H2,1H3. The Morgan fingerprint density at radius 1 is 1.21 bits per heavy atom. The number of carbonyl (C=O) groups excluding carboxylic acids is 1. The van der Waals surface area contributed by atoms with E-state index in [4.69, 9.17) is 5.11 Å². The third kappa shape index (κ3) is 6.92. The summed E-state index contributed by atoms with van der Waals surface area (Å²) in [6.07, 6.45) is 7.56. The fourth-order valence-electron chi connectivity index (χ4n) is 2.67. The van der Waals surface area contributed by atoms with Crippen LogP contribution >= 0.6 is 0 Å². The van der Waals surface area contributed by atoms with Crippen LogP contribution in [0, 0.1) is 5.92 Å². The summed E-state index contributed by atoms with van der Waals surface area (Å²) in [5, 5.41) is 12.4. The first-order valence-corrected chi connectivity index (χ1v) is 7.87. The molecule has 2 N–H and O–H groups in total. The first-order valence-electron chi connectivity index (χ1n) is 7.87. The smallest absolute Gasteiger partial charge is 0.222 e. The van der Waals surface area contributed by atoms with Gasteiger partial charge < -0.3 is 15.3 Å². The predicted octanol–water partition coefficient (Wildman–Crippen LogP) is 1.78. The van der Waals surface area contributed by atoms with E-state index in [2.05, 4.69) is 12.2 Å². The molecule has 0 unspecified atom stereocenters. The summed E-state index contributed by atoms with van der Waals surface area (Å²) in [7, 11) is 0. The number of aliphatic hydroxyl groups excluding tert-OH is 1. The number of amides is 1. The van der Waals surface area contributed by atoms with Gasteiger partial charge in [0, 0.05) is 19.5 Å². The summed E-state index contributed by atoms with van der Waals surface area (Å²) in [6, 6.07) is 0. The molecule has 0 spiro atoms. The van der Waals surface area contributed by atoms with Gasteiger partial charge in [0.25, 0.3) is 0 Å². The van der Waals surface area contributed by atoms with Gasteiger partial charge in [-0.15, -0.1) is 0 Å². The SMILES string of the molecule is CCCCCCN(CCO)C(=O)CC1CCNCC1. The molecule has 0 aromatic carbocycles. The van der Waals surface area contributed by atoms with Crippen molar-refractivity contribution in [1.29, 1.82) is 0 Å². The number of rotatable bonds is 9. The van der Waals surface area contributed by atoms with Crippen molar-refractivity contribution < 1.29 is 9.90 Å². The van der Waals surface area contributed by atoms with Gasteiger partial charge in [-0.3, -0.25) is 4.79 Å². The molecule has 1 amide bonds. The lowest BCUT2D eigenvalue weighted by Crippen LogP contribution is -2.37. The van der Waals surface area contributed by atoms with Gasteiger partial charge in [-0.25, -0.2) is 0 Å². The minimum atomic E-state index is 0.0751. The third-order valence-corrected chi connectivity index (χ3v) is 3.93. The first-order chi connectivity index (χ1) is 9.27. The Bertz CT molecular complexity index is 240. The number of carbonyl (C=O) groups is 1. The van der Waals surface area contributed by atoms with E-state index in [1.54, 1.807) is 0 Å². The number of piperidine rings is 1. The molecule has 4 nitrogen and oxygen atoms in total. The van der Waals surface area contributed by atoms with Gasteiger partial charge in [0.15, 0.2) is 0 Å². The highest BCUT2D eigenvalue weighted by Gasteiger charge is 2.20. The monoisotopic (exact) mass is 270 g/mol. The van der Waals surface area contributed by atoms with E-state index in [0.717, 1.165) is 38.9 Å². The second-order valence-corrected chi connectivity index (χ2v) is 5.56. The van der Waals surface area contributed by atoms with Crippen LogP contribution in [-0.2, 0) is 4.79 Å². The molecule has 19 heavy (non-hydrogen) atoms. The van der Waals surface area contributed by atoms with E-state index in [9.17, 15) is 4.79 Å². The maximum atomic E-state index is 12.3. The van der Waals surface area contributed by atoms with Crippen molar-refractivity contribution in [1.82, 2.24) is 10.2 Å². The maximum absolute atomic E-state index is 12.3. The van der Waals surface area contributed by atoms with E-state index in [0.29, 0.717) is 18.9 Å². The van der Waals surface area contributed by atoms with Crippen LogP contribution in [0.25, 0.3) is 0 Å². The number of unbranched alkanes of at least 4 members (excludes halogenated alkanes) is 3. The van der Waals surface area contributed by atoms with Crippen LogP contribution in [0.3, 0.4) is 0 Å². The lowest BCUT2D eigenvalue weighted by atomic mass is 9.94. The normalized spacial score (nSPS) is 16.5. The third-order valence-electron chi connectivity index (χ3n) is 3.93. The highest BCUT2D eigenvalue weighted by atomic mass is 16.3. The molecule has 1 heterocycles. The van der Waals surface area contributed by atoms with E-state index in [-0.39, 0.29) is 12.5 Å². The molecule has 0 aromatic rings. The molecule has 1 aliphatic rings. The number of hydrogen-bond donors (Lipinski definition) is 2. The summed E-state index contributed by atoms with van der Waals surface area (Å²) in [5.74, 6) is 0.767. The zero-order valence-corrected chi connectivity index (χ0v) is 12.4. The highest BCUT2D eigenvalue weighted by Crippen LogP contribution is 2.17. The van der Waals surface area contributed by atoms with Gasteiger partial charge >= 0.3 is 0 Å². The van der Waals surface area contributed by atoms with E-state index in [1.165, 1.54) is 19.3 Å². The molecule has 1 aliphatic heterocycles. The van der Waals surface area contributed by atoms with E-state index < -0.39 is 0 Å². The van der Waals surface area contributed by atoms with Crippen LogP contribution in [0.5, 0.6) is 0 Å². The maximum Gasteiger partial charge on any atom is 0.222 e. The molecule has 112 valence electrons. The fraction of sp³-hybridized carbons (Fsp3) is 0.933. The van der Waals surface area contributed by atoms with Gasteiger partial charge in [-0.05, 0) is 38.3 Å². The van der Waals surface area contributed by atoms with Crippen LogP contribution in [-0.4, -0.2) is 48.7 Å². The second kappa shape index (κ2) is 10.2. The Morgan fingerprint density at radius 3 is 2.58 bits per heavy atom. The first kappa shape index (κ1) is 16.4. The average Bonchev–Trinajstić information content (AvgIpc) is 2.43. The molecule has 4 heteroatoms. The average molecular weight is 270 g/mol. The Kier molecular flexibility index (Phi) is 8.84. The van der Waals surface area contributed by atoms with Crippen molar-refractivity contribution >= 4 is 5.91 Å². The van der Waals surface area contributed by atoms with Crippen LogP contribution in [0.1, 0.15) is 51.9 Å². The van der Waals surface area contributed by atoms with Crippen LogP contribution in [0.2, 0.25) is 0 Å². The molecule has 0 saturated carbocycles. The van der Waals surface area contributed by atoms with Crippen molar-refractivity contribution in [3.63, 3.8) is 0 Å². The van der Waals surface area contributed by atoms with Crippen molar-refractivity contribution in [2.24, 2.45) is 5.92 Å². The summed E-state index contributed by atoms with van der Waals surface area (Å²) in [5.41, 5.74) is 0.